The van der Waals surface area contributed by atoms with Gasteiger partial charge in [0.05, 0.1) is 12.5 Å². The van der Waals surface area contributed by atoms with E-state index in [1.165, 1.54) is 0 Å². The van der Waals surface area contributed by atoms with Gasteiger partial charge >= 0.3 is 12.3 Å². The molecule has 0 saturated heterocycles. The first-order valence-corrected chi connectivity index (χ1v) is 5.78. The van der Waals surface area contributed by atoms with E-state index in [9.17, 15) is 18.0 Å². The molecule has 0 aliphatic rings. The Balaban J connectivity index is 2.66. The van der Waals surface area contributed by atoms with Gasteiger partial charge in [-0.05, 0) is 24.1 Å². The van der Waals surface area contributed by atoms with Crippen LogP contribution in [0.4, 0.5) is 13.2 Å². The summed E-state index contributed by atoms with van der Waals surface area (Å²) in [6, 6.07) is 6.37. The van der Waals surface area contributed by atoms with E-state index in [4.69, 9.17) is 5.11 Å². The van der Waals surface area contributed by atoms with Crippen LogP contribution >= 0.6 is 15.9 Å². The van der Waals surface area contributed by atoms with Crippen molar-refractivity contribution in [3.63, 3.8) is 0 Å². The lowest BCUT2D eigenvalue weighted by Crippen LogP contribution is -2.19. The molecule has 1 N–H and O–H groups in total. The van der Waals surface area contributed by atoms with E-state index >= 15 is 0 Å². The SMILES string of the molecule is O=C(O)C(CCOC(F)(F)F)c1ccc(Br)cc1. The normalized spacial score (nSPS) is 13.3. The zero-order valence-corrected chi connectivity index (χ0v) is 10.7. The van der Waals surface area contributed by atoms with Crippen molar-refractivity contribution in [1.29, 1.82) is 0 Å². The first-order chi connectivity index (χ1) is 8.29. The van der Waals surface area contributed by atoms with Crippen molar-refractivity contribution < 1.29 is 27.8 Å². The number of rotatable bonds is 5. The van der Waals surface area contributed by atoms with Crippen LogP contribution in [0.2, 0.25) is 0 Å². The molecule has 0 aliphatic carbocycles. The maximum absolute atomic E-state index is 11.8. The molecule has 1 aromatic carbocycles. The second-order valence-electron chi connectivity index (χ2n) is 3.53. The van der Waals surface area contributed by atoms with Crippen molar-refractivity contribution in [2.24, 2.45) is 0 Å². The van der Waals surface area contributed by atoms with E-state index in [-0.39, 0.29) is 6.42 Å². The summed E-state index contributed by atoms with van der Waals surface area (Å²) in [4.78, 5) is 11.0. The maximum atomic E-state index is 11.8. The van der Waals surface area contributed by atoms with Gasteiger partial charge in [0.25, 0.3) is 0 Å². The molecule has 0 fully saturated rings. The van der Waals surface area contributed by atoms with Crippen LogP contribution in [-0.2, 0) is 9.53 Å². The number of aliphatic carboxylic acids is 1. The van der Waals surface area contributed by atoms with Gasteiger partial charge in [-0.3, -0.25) is 9.53 Å². The van der Waals surface area contributed by atoms with E-state index in [0.717, 1.165) is 4.47 Å². The fraction of sp³-hybridized carbons (Fsp3) is 0.364. The van der Waals surface area contributed by atoms with Crippen LogP contribution in [0.15, 0.2) is 28.7 Å². The molecular formula is C11H10BrF3O3. The molecule has 0 aromatic heterocycles. The van der Waals surface area contributed by atoms with Gasteiger partial charge in [-0.2, -0.15) is 0 Å². The lowest BCUT2D eigenvalue weighted by atomic mass is 9.96. The molecule has 3 nitrogen and oxygen atoms in total. The van der Waals surface area contributed by atoms with Gasteiger partial charge in [-0.15, -0.1) is 13.2 Å². The molecule has 100 valence electrons. The zero-order chi connectivity index (χ0) is 13.8. The third-order valence-electron chi connectivity index (χ3n) is 2.24. The van der Waals surface area contributed by atoms with Gasteiger partial charge in [-0.25, -0.2) is 0 Å². The predicted octanol–water partition coefficient (Wildman–Crippen LogP) is 3.54. The Kier molecular flexibility index (Phi) is 5.15. The number of ether oxygens (including phenoxy) is 1. The Bertz CT molecular complexity index is 403. The molecule has 0 amide bonds. The van der Waals surface area contributed by atoms with Gasteiger partial charge in [0.2, 0.25) is 0 Å². The monoisotopic (exact) mass is 326 g/mol. The number of hydrogen-bond acceptors (Lipinski definition) is 2. The molecule has 1 aromatic rings. The Morgan fingerprint density at radius 2 is 1.89 bits per heavy atom. The lowest BCUT2D eigenvalue weighted by Gasteiger charge is -2.14. The van der Waals surface area contributed by atoms with Crippen LogP contribution in [0.5, 0.6) is 0 Å². The highest BCUT2D eigenvalue weighted by molar-refractivity contribution is 9.10. The van der Waals surface area contributed by atoms with Crippen LogP contribution < -0.4 is 0 Å². The Morgan fingerprint density at radius 1 is 1.33 bits per heavy atom. The Morgan fingerprint density at radius 3 is 2.33 bits per heavy atom. The molecule has 1 unspecified atom stereocenters. The molecule has 7 heteroatoms. The first-order valence-electron chi connectivity index (χ1n) is 4.98. The summed E-state index contributed by atoms with van der Waals surface area (Å²) in [5.41, 5.74) is 0.441. The summed E-state index contributed by atoms with van der Waals surface area (Å²) in [6.45, 7) is -0.684. The third kappa shape index (κ3) is 5.05. The standard InChI is InChI=1S/C11H10BrF3O3/c12-8-3-1-7(2-4-8)9(10(16)17)5-6-18-11(13,14)15/h1-4,9H,5-6H2,(H,16,17). The van der Waals surface area contributed by atoms with Crippen LogP contribution in [0, 0.1) is 0 Å². The average molecular weight is 327 g/mol. The second kappa shape index (κ2) is 6.19. The third-order valence-corrected chi connectivity index (χ3v) is 2.77. The minimum absolute atomic E-state index is 0.240. The van der Waals surface area contributed by atoms with E-state index in [1.807, 2.05) is 0 Å². The first kappa shape index (κ1) is 15.0. The molecule has 0 heterocycles. The Hall–Kier alpha value is -1.08. The quantitative estimate of drug-likeness (QED) is 0.900. The summed E-state index contributed by atoms with van der Waals surface area (Å²) in [5.74, 6) is -2.19. The van der Waals surface area contributed by atoms with Crippen LogP contribution in [0.1, 0.15) is 17.9 Å². The van der Waals surface area contributed by atoms with Crippen LogP contribution in [0.25, 0.3) is 0 Å². The number of benzene rings is 1. The molecule has 1 rings (SSSR count). The lowest BCUT2D eigenvalue weighted by molar-refractivity contribution is -0.325. The topological polar surface area (TPSA) is 46.5 Å². The van der Waals surface area contributed by atoms with Gasteiger partial charge in [0.1, 0.15) is 0 Å². The van der Waals surface area contributed by atoms with Crippen LogP contribution in [-0.4, -0.2) is 24.0 Å². The van der Waals surface area contributed by atoms with Crippen molar-refractivity contribution in [1.82, 2.24) is 0 Å². The minimum Gasteiger partial charge on any atom is -0.481 e. The molecular weight excluding hydrogens is 317 g/mol. The highest BCUT2D eigenvalue weighted by Gasteiger charge is 2.30. The fourth-order valence-electron chi connectivity index (χ4n) is 1.42. The van der Waals surface area contributed by atoms with Gasteiger partial charge in [0, 0.05) is 4.47 Å². The van der Waals surface area contributed by atoms with Crippen molar-refractivity contribution in [3.05, 3.63) is 34.3 Å². The number of halogens is 4. The number of hydrogen-bond donors (Lipinski definition) is 1. The molecule has 0 aliphatic heterocycles. The molecule has 0 saturated carbocycles. The van der Waals surface area contributed by atoms with Gasteiger partial charge in [0.15, 0.2) is 0 Å². The molecule has 18 heavy (non-hydrogen) atoms. The number of carboxylic acid groups (broad SMARTS) is 1. The van der Waals surface area contributed by atoms with Gasteiger partial charge < -0.3 is 5.11 Å². The fourth-order valence-corrected chi connectivity index (χ4v) is 1.68. The van der Waals surface area contributed by atoms with E-state index < -0.39 is 24.9 Å². The smallest absolute Gasteiger partial charge is 0.481 e. The summed E-state index contributed by atoms with van der Waals surface area (Å²) in [6.07, 6.45) is -4.97. The van der Waals surface area contributed by atoms with E-state index in [0.29, 0.717) is 5.56 Å². The zero-order valence-electron chi connectivity index (χ0n) is 9.08. The molecule has 0 spiro atoms. The summed E-state index contributed by atoms with van der Waals surface area (Å²) >= 11 is 3.19. The van der Waals surface area contributed by atoms with Crippen molar-refractivity contribution in [2.45, 2.75) is 18.7 Å². The highest BCUT2D eigenvalue weighted by atomic mass is 79.9. The van der Waals surface area contributed by atoms with E-state index in [2.05, 4.69) is 20.7 Å². The molecule has 0 bridgehead atoms. The van der Waals surface area contributed by atoms with Crippen molar-refractivity contribution in [3.8, 4) is 0 Å². The van der Waals surface area contributed by atoms with Crippen molar-refractivity contribution in [2.75, 3.05) is 6.61 Å². The number of alkyl halides is 3. The molecule has 1 atom stereocenters. The summed E-state index contributed by atoms with van der Waals surface area (Å²) in [7, 11) is 0. The average Bonchev–Trinajstić information content (AvgIpc) is 2.24. The predicted molar refractivity (Wildman–Crippen MR) is 61.1 cm³/mol. The highest BCUT2D eigenvalue weighted by Crippen LogP contribution is 2.24. The van der Waals surface area contributed by atoms with Crippen molar-refractivity contribution >= 4 is 21.9 Å². The van der Waals surface area contributed by atoms with E-state index in [1.54, 1.807) is 24.3 Å². The maximum Gasteiger partial charge on any atom is 0.522 e. The second-order valence-corrected chi connectivity index (χ2v) is 4.44. The largest absolute Gasteiger partial charge is 0.522 e. The van der Waals surface area contributed by atoms with Crippen LogP contribution in [0.3, 0.4) is 0 Å². The minimum atomic E-state index is -4.73. The number of carbonyl (C=O) groups is 1. The van der Waals surface area contributed by atoms with Gasteiger partial charge in [-0.1, -0.05) is 28.1 Å². The summed E-state index contributed by atoms with van der Waals surface area (Å²) in [5, 5.41) is 8.98. The number of carboxylic acids is 1. The summed E-state index contributed by atoms with van der Waals surface area (Å²) < 4.78 is 39.7. The molecule has 0 radical (unpaired) electrons. The Labute approximate surface area is 110 Å².